The summed E-state index contributed by atoms with van der Waals surface area (Å²) in [6, 6.07) is 12.9. The van der Waals surface area contributed by atoms with Crippen molar-refractivity contribution in [3.8, 4) is 10.9 Å². The van der Waals surface area contributed by atoms with Crippen molar-refractivity contribution >= 4 is 27.6 Å². The Kier molecular flexibility index (Phi) is 4.49. The van der Waals surface area contributed by atoms with Gasteiger partial charge in [-0.15, -0.1) is 0 Å². The number of amides is 1. The maximum absolute atomic E-state index is 11.9. The van der Waals surface area contributed by atoms with Gasteiger partial charge in [0, 0.05) is 44.8 Å². The molecule has 1 aromatic carbocycles. The predicted octanol–water partition coefficient (Wildman–Crippen LogP) is 3.68. The van der Waals surface area contributed by atoms with Gasteiger partial charge in [0.1, 0.15) is 5.75 Å². The first kappa shape index (κ1) is 17.6. The summed E-state index contributed by atoms with van der Waals surface area (Å²) in [4.78, 5) is 25.1. The van der Waals surface area contributed by atoms with Crippen LogP contribution < -0.4 is 4.74 Å². The Hall–Kier alpha value is -2.51. The van der Waals surface area contributed by atoms with Gasteiger partial charge in [-0.25, -0.2) is 4.98 Å². The molecule has 28 heavy (non-hydrogen) atoms. The summed E-state index contributed by atoms with van der Waals surface area (Å²) in [6.45, 7) is 4.53. The molecule has 5 rings (SSSR count). The van der Waals surface area contributed by atoms with Gasteiger partial charge in [0.25, 0.3) is 5.19 Å². The lowest BCUT2D eigenvalue weighted by atomic mass is 10.1. The van der Waals surface area contributed by atoms with E-state index in [4.69, 9.17) is 4.74 Å². The van der Waals surface area contributed by atoms with Crippen LogP contribution in [0, 0.1) is 0 Å². The normalized spacial score (nSPS) is 22.0. The molecule has 0 radical (unpaired) electrons. The van der Waals surface area contributed by atoms with E-state index in [-0.39, 0.29) is 5.91 Å². The topological polar surface area (TPSA) is 58.6 Å². The van der Waals surface area contributed by atoms with Crippen LogP contribution in [0.1, 0.15) is 25.3 Å². The number of hydrogen-bond donors (Lipinski definition) is 0. The van der Waals surface area contributed by atoms with Gasteiger partial charge in [-0.2, -0.15) is 4.98 Å². The Morgan fingerprint density at radius 3 is 2.61 bits per heavy atom. The van der Waals surface area contributed by atoms with Gasteiger partial charge in [0.2, 0.25) is 5.91 Å². The zero-order valence-electron chi connectivity index (χ0n) is 15.7. The minimum atomic E-state index is 0.221. The van der Waals surface area contributed by atoms with E-state index < -0.39 is 0 Å². The van der Waals surface area contributed by atoms with Crippen LogP contribution in [0.25, 0.3) is 10.3 Å². The number of pyridine rings is 1. The van der Waals surface area contributed by atoms with Gasteiger partial charge in [-0.1, -0.05) is 23.5 Å². The van der Waals surface area contributed by atoms with E-state index in [9.17, 15) is 4.79 Å². The van der Waals surface area contributed by atoms with E-state index in [1.807, 2.05) is 24.3 Å². The van der Waals surface area contributed by atoms with Crippen molar-refractivity contribution in [2.45, 2.75) is 38.4 Å². The highest BCUT2D eigenvalue weighted by Gasteiger charge is 2.40. The second-order valence-electron chi connectivity index (χ2n) is 7.56. The molecule has 4 heterocycles. The average Bonchev–Trinajstić information content (AvgIpc) is 3.21. The van der Waals surface area contributed by atoms with Crippen molar-refractivity contribution in [3.63, 3.8) is 0 Å². The second kappa shape index (κ2) is 7.14. The molecule has 2 atom stereocenters. The third-order valence-corrected chi connectivity index (χ3v) is 6.49. The SMILES string of the molecule is CC(=O)N1[C@@H]2CC[C@H]1CN(Cc1ccc(Oc3nc4ncccc4s3)cc1)C2. The molecule has 0 N–H and O–H groups in total. The monoisotopic (exact) mass is 394 g/mol. The van der Waals surface area contributed by atoms with Crippen LogP contribution in [0.15, 0.2) is 42.6 Å². The minimum Gasteiger partial charge on any atom is -0.431 e. The van der Waals surface area contributed by atoms with Gasteiger partial charge >= 0.3 is 0 Å². The number of carbonyl (C=O) groups is 1. The van der Waals surface area contributed by atoms with Gasteiger partial charge in [-0.3, -0.25) is 9.69 Å². The molecule has 7 heteroatoms. The molecule has 144 valence electrons. The molecule has 2 aliphatic heterocycles. The van der Waals surface area contributed by atoms with Crippen LogP contribution in [0.3, 0.4) is 0 Å². The van der Waals surface area contributed by atoms with E-state index in [1.54, 1.807) is 13.1 Å². The lowest BCUT2D eigenvalue weighted by molar-refractivity contribution is -0.134. The number of ether oxygens (including phenoxy) is 1. The van der Waals surface area contributed by atoms with Gasteiger partial charge in [-0.05, 0) is 42.7 Å². The summed E-state index contributed by atoms with van der Waals surface area (Å²) in [5, 5.41) is 0.610. The summed E-state index contributed by atoms with van der Waals surface area (Å²) in [6.07, 6.45) is 4.00. The number of rotatable bonds is 4. The standard InChI is InChI=1S/C21H22N4O2S/c1-14(26)25-16-6-7-17(25)13-24(12-16)11-15-4-8-18(9-5-15)27-21-23-20-19(28-21)3-2-10-22-20/h2-5,8-10,16-17H,6-7,11-13H2,1H3/t16-,17+. The van der Waals surface area contributed by atoms with Crippen molar-refractivity contribution in [3.05, 3.63) is 48.2 Å². The lowest BCUT2D eigenvalue weighted by Crippen LogP contribution is -2.54. The summed E-state index contributed by atoms with van der Waals surface area (Å²) < 4.78 is 6.92. The molecule has 6 nitrogen and oxygen atoms in total. The fourth-order valence-corrected chi connectivity index (χ4v) is 5.24. The van der Waals surface area contributed by atoms with Crippen LogP contribution >= 0.6 is 11.3 Å². The number of nitrogens with zero attached hydrogens (tertiary/aromatic N) is 4. The fraction of sp³-hybridized carbons (Fsp3) is 0.381. The van der Waals surface area contributed by atoms with Crippen molar-refractivity contribution < 1.29 is 9.53 Å². The zero-order valence-corrected chi connectivity index (χ0v) is 16.6. The van der Waals surface area contributed by atoms with Crippen LogP contribution in [-0.4, -0.2) is 50.8 Å². The number of piperazine rings is 1. The molecule has 3 aromatic rings. The Morgan fingerprint density at radius 2 is 1.93 bits per heavy atom. The number of hydrogen-bond acceptors (Lipinski definition) is 6. The number of likely N-dealkylation sites (tertiary alicyclic amines) is 1. The molecule has 2 fully saturated rings. The smallest absolute Gasteiger partial charge is 0.281 e. The molecule has 0 saturated carbocycles. The first-order valence-corrected chi connectivity index (χ1v) is 10.5. The van der Waals surface area contributed by atoms with Crippen LogP contribution in [0.2, 0.25) is 0 Å². The molecule has 2 bridgehead atoms. The number of thiazole rings is 1. The summed E-state index contributed by atoms with van der Waals surface area (Å²) >= 11 is 1.50. The minimum absolute atomic E-state index is 0.221. The first-order valence-electron chi connectivity index (χ1n) is 9.65. The Balaban J connectivity index is 1.23. The molecule has 2 saturated heterocycles. The van der Waals surface area contributed by atoms with Gasteiger partial charge < -0.3 is 9.64 Å². The number of aromatic nitrogens is 2. The average molecular weight is 395 g/mol. The van der Waals surface area contributed by atoms with Crippen molar-refractivity contribution in [2.24, 2.45) is 0 Å². The van der Waals surface area contributed by atoms with E-state index in [2.05, 4.69) is 31.9 Å². The lowest BCUT2D eigenvalue weighted by Gasteiger charge is -2.40. The quantitative estimate of drug-likeness (QED) is 0.676. The van der Waals surface area contributed by atoms with E-state index in [0.29, 0.717) is 17.3 Å². The highest BCUT2D eigenvalue weighted by molar-refractivity contribution is 7.20. The first-order chi connectivity index (χ1) is 13.7. The molecular weight excluding hydrogens is 372 g/mol. The molecule has 0 spiro atoms. The third-order valence-electron chi connectivity index (χ3n) is 5.60. The Morgan fingerprint density at radius 1 is 1.18 bits per heavy atom. The highest BCUT2D eigenvalue weighted by atomic mass is 32.1. The molecular formula is C21H22N4O2S. The number of benzene rings is 1. The molecule has 0 aliphatic carbocycles. The summed E-state index contributed by atoms with van der Waals surface area (Å²) in [7, 11) is 0. The van der Waals surface area contributed by atoms with Crippen LogP contribution in [-0.2, 0) is 11.3 Å². The maximum atomic E-state index is 11.9. The number of fused-ring (bicyclic) bond motifs is 3. The number of carbonyl (C=O) groups excluding carboxylic acids is 1. The van der Waals surface area contributed by atoms with E-state index in [1.165, 1.54) is 16.9 Å². The predicted molar refractivity (Wildman–Crippen MR) is 109 cm³/mol. The summed E-state index contributed by atoms with van der Waals surface area (Å²) in [5.74, 6) is 1.00. The zero-order chi connectivity index (χ0) is 19.1. The van der Waals surface area contributed by atoms with E-state index in [0.717, 1.165) is 48.6 Å². The largest absolute Gasteiger partial charge is 0.431 e. The maximum Gasteiger partial charge on any atom is 0.281 e. The molecule has 1 amide bonds. The van der Waals surface area contributed by atoms with Gasteiger partial charge in [0.15, 0.2) is 5.65 Å². The Labute approximate surface area is 167 Å². The summed E-state index contributed by atoms with van der Waals surface area (Å²) in [5.41, 5.74) is 1.98. The van der Waals surface area contributed by atoms with Crippen molar-refractivity contribution in [2.75, 3.05) is 13.1 Å². The second-order valence-corrected chi connectivity index (χ2v) is 8.55. The highest BCUT2D eigenvalue weighted by Crippen LogP contribution is 2.32. The Bertz CT molecular complexity index is 956. The third kappa shape index (κ3) is 3.36. The van der Waals surface area contributed by atoms with Crippen molar-refractivity contribution in [1.29, 1.82) is 0 Å². The van der Waals surface area contributed by atoms with Crippen LogP contribution in [0.5, 0.6) is 10.9 Å². The molecule has 2 aromatic heterocycles. The molecule has 0 unspecified atom stereocenters. The van der Waals surface area contributed by atoms with Gasteiger partial charge in [0.05, 0.1) is 4.70 Å². The van der Waals surface area contributed by atoms with Crippen molar-refractivity contribution in [1.82, 2.24) is 19.8 Å². The fourth-order valence-electron chi connectivity index (χ4n) is 4.45. The van der Waals surface area contributed by atoms with E-state index >= 15 is 0 Å². The molecule has 2 aliphatic rings. The van der Waals surface area contributed by atoms with Crippen LogP contribution in [0.4, 0.5) is 0 Å².